The van der Waals surface area contributed by atoms with E-state index in [-0.39, 0.29) is 23.6 Å². The van der Waals surface area contributed by atoms with Crippen LogP contribution in [0.15, 0.2) is 23.1 Å². The summed E-state index contributed by atoms with van der Waals surface area (Å²) in [5, 5.41) is 0. The van der Waals surface area contributed by atoms with Crippen molar-refractivity contribution >= 4 is 16.0 Å². The summed E-state index contributed by atoms with van der Waals surface area (Å²) in [6.07, 6.45) is 1.17. The van der Waals surface area contributed by atoms with Crippen molar-refractivity contribution in [3.05, 3.63) is 29.6 Å². The molecule has 6 nitrogen and oxygen atoms in total. The molecular weight excluding hydrogens is 323 g/mol. The minimum Gasteiger partial charge on any atom is -0.462 e. The molecule has 0 radical (unpaired) electrons. The lowest BCUT2D eigenvalue weighted by atomic mass is 9.95. The number of halogens is 1. The van der Waals surface area contributed by atoms with E-state index in [1.165, 1.54) is 0 Å². The number of ether oxygens (including phenoxy) is 1. The van der Waals surface area contributed by atoms with Gasteiger partial charge in [-0.2, -0.15) is 0 Å². The third-order valence-electron chi connectivity index (χ3n) is 3.72. The average Bonchev–Trinajstić information content (AvgIpc) is 2.52. The molecule has 23 heavy (non-hydrogen) atoms. The summed E-state index contributed by atoms with van der Waals surface area (Å²) in [6, 6.07) is 2.86. The smallest absolute Gasteiger partial charge is 0.338 e. The molecule has 0 aliphatic heterocycles. The highest BCUT2D eigenvalue weighted by molar-refractivity contribution is 7.89. The molecule has 0 unspecified atom stereocenters. The Morgan fingerprint density at radius 2 is 1.87 bits per heavy atom. The third-order valence-corrected chi connectivity index (χ3v) is 5.10. The maximum atomic E-state index is 13.6. The number of benzene rings is 1. The minimum absolute atomic E-state index is 0.0214. The van der Waals surface area contributed by atoms with Crippen molar-refractivity contribution in [3.63, 3.8) is 0 Å². The molecule has 0 aliphatic carbocycles. The van der Waals surface area contributed by atoms with Gasteiger partial charge in [0.1, 0.15) is 5.82 Å². The van der Waals surface area contributed by atoms with Crippen LogP contribution in [0.4, 0.5) is 4.39 Å². The van der Waals surface area contributed by atoms with Crippen LogP contribution in [0.2, 0.25) is 0 Å². The maximum Gasteiger partial charge on any atom is 0.338 e. The summed E-state index contributed by atoms with van der Waals surface area (Å²) in [7, 11) is -3.98. The van der Waals surface area contributed by atoms with Gasteiger partial charge in [-0.1, -0.05) is 13.8 Å². The lowest BCUT2D eigenvalue weighted by Gasteiger charge is -2.26. The summed E-state index contributed by atoms with van der Waals surface area (Å²) < 4.78 is 45.4. The highest BCUT2D eigenvalue weighted by atomic mass is 32.2. The van der Waals surface area contributed by atoms with Crippen LogP contribution in [-0.2, 0) is 14.8 Å². The average molecular weight is 346 g/mol. The number of nitrogens with two attached hydrogens (primary N) is 1. The van der Waals surface area contributed by atoms with Gasteiger partial charge in [0.05, 0.1) is 17.1 Å². The Kier molecular flexibility index (Phi) is 6.67. The molecule has 0 bridgehead atoms. The molecule has 0 atom stereocenters. The zero-order chi connectivity index (χ0) is 17.7. The second kappa shape index (κ2) is 7.85. The first-order valence-corrected chi connectivity index (χ1v) is 8.92. The molecular formula is C15H23FN2O4S. The van der Waals surface area contributed by atoms with E-state index in [0.29, 0.717) is 12.8 Å². The van der Waals surface area contributed by atoms with Crippen LogP contribution in [0.5, 0.6) is 0 Å². The Morgan fingerprint density at radius 3 is 2.39 bits per heavy atom. The Morgan fingerprint density at radius 1 is 1.26 bits per heavy atom. The summed E-state index contributed by atoms with van der Waals surface area (Å²) in [4.78, 5) is 11.3. The molecule has 8 heteroatoms. The zero-order valence-electron chi connectivity index (χ0n) is 13.6. The Bertz CT molecular complexity index is 657. The number of hydrogen-bond donors (Lipinski definition) is 2. The van der Waals surface area contributed by atoms with E-state index in [1.54, 1.807) is 6.92 Å². The van der Waals surface area contributed by atoms with Gasteiger partial charge < -0.3 is 10.5 Å². The Balaban J connectivity index is 3.07. The lowest BCUT2D eigenvalue weighted by molar-refractivity contribution is 0.0525. The zero-order valence-corrected chi connectivity index (χ0v) is 14.4. The molecule has 130 valence electrons. The van der Waals surface area contributed by atoms with E-state index in [4.69, 9.17) is 10.5 Å². The normalized spacial score (nSPS) is 12.2. The standard InChI is InChI=1S/C15H23FN2O4S/c1-4-15(17,5-2)10-18-23(20,21)13-8-11(7-12(16)9-13)14(19)22-6-3/h7-9,18H,4-6,10,17H2,1-3H3. The molecule has 0 saturated carbocycles. The SMILES string of the molecule is CCOC(=O)c1cc(F)cc(S(=O)(=O)NCC(N)(CC)CC)c1. The second-order valence-corrected chi connectivity index (χ2v) is 7.06. The van der Waals surface area contributed by atoms with Gasteiger partial charge >= 0.3 is 5.97 Å². The number of esters is 1. The van der Waals surface area contributed by atoms with Gasteiger partial charge in [0, 0.05) is 12.1 Å². The third kappa shape index (κ3) is 5.26. The largest absolute Gasteiger partial charge is 0.462 e. The first kappa shape index (κ1) is 19.5. The predicted molar refractivity (Wildman–Crippen MR) is 85.0 cm³/mol. The van der Waals surface area contributed by atoms with Gasteiger partial charge in [-0.25, -0.2) is 22.3 Å². The van der Waals surface area contributed by atoms with Gasteiger partial charge in [-0.05, 0) is 38.0 Å². The molecule has 3 N–H and O–H groups in total. The fourth-order valence-corrected chi connectivity index (χ4v) is 3.07. The van der Waals surface area contributed by atoms with E-state index < -0.39 is 27.3 Å². The van der Waals surface area contributed by atoms with Crippen LogP contribution in [-0.4, -0.2) is 33.1 Å². The monoisotopic (exact) mass is 346 g/mol. The summed E-state index contributed by atoms with van der Waals surface area (Å²) in [6.45, 7) is 5.45. The van der Waals surface area contributed by atoms with Gasteiger partial charge in [0.2, 0.25) is 10.0 Å². The van der Waals surface area contributed by atoms with Crippen LogP contribution in [0.25, 0.3) is 0 Å². The highest BCUT2D eigenvalue weighted by Crippen LogP contribution is 2.17. The highest BCUT2D eigenvalue weighted by Gasteiger charge is 2.25. The van der Waals surface area contributed by atoms with Crippen molar-refractivity contribution in [2.75, 3.05) is 13.2 Å². The molecule has 1 rings (SSSR count). The number of rotatable bonds is 8. The van der Waals surface area contributed by atoms with E-state index >= 15 is 0 Å². The molecule has 0 spiro atoms. The summed E-state index contributed by atoms with van der Waals surface area (Å²) >= 11 is 0. The first-order chi connectivity index (χ1) is 10.7. The van der Waals surface area contributed by atoms with Crippen molar-refractivity contribution in [1.82, 2.24) is 4.72 Å². The number of sulfonamides is 1. The van der Waals surface area contributed by atoms with Crippen molar-refractivity contribution in [1.29, 1.82) is 0 Å². The number of hydrogen-bond acceptors (Lipinski definition) is 5. The van der Waals surface area contributed by atoms with Crippen molar-refractivity contribution in [2.45, 2.75) is 44.0 Å². The number of carbonyl (C=O) groups is 1. The van der Waals surface area contributed by atoms with E-state index in [2.05, 4.69) is 4.72 Å². The van der Waals surface area contributed by atoms with Gasteiger partial charge in [0.25, 0.3) is 0 Å². The predicted octanol–water partition coefficient (Wildman–Crippen LogP) is 1.80. The van der Waals surface area contributed by atoms with Crippen LogP contribution in [0.1, 0.15) is 44.0 Å². The molecule has 0 aliphatic rings. The maximum absolute atomic E-state index is 13.6. The lowest BCUT2D eigenvalue weighted by Crippen LogP contribution is -2.49. The van der Waals surface area contributed by atoms with Crippen LogP contribution in [0, 0.1) is 5.82 Å². The minimum atomic E-state index is -3.98. The fraction of sp³-hybridized carbons (Fsp3) is 0.533. The first-order valence-electron chi connectivity index (χ1n) is 7.43. The van der Waals surface area contributed by atoms with E-state index in [9.17, 15) is 17.6 Å². The van der Waals surface area contributed by atoms with E-state index in [0.717, 1.165) is 18.2 Å². The quantitative estimate of drug-likeness (QED) is 0.699. The Labute approximate surface area is 136 Å². The summed E-state index contributed by atoms with van der Waals surface area (Å²) in [5.41, 5.74) is 5.22. The molecule has 1 aromatic rings. The molecule has 0 amide bonds. The molecule has 0 heterocycles. The van der Waals surface area contributed by atoms with Gasteiger partial charge in [0.15, 0.2) is 0 Å². The van der Waals surface area contributed by atoms with Crippen LogP contribution >= 0.6 is 0 Å². The van der Waals surface area contributed by atoms with Crippen LogP contribution in [0.3, 0.4) is 0 Å². The summed E-state index contributed by atoms with van der Waals surface area (Å²) in [5.74, 6) is -1.61. The van der Waals surface area contributed by atoms with Crippen molar-refractivity contribution in [2.24, 2.45) is 5.73 Å². The van der Waals surface area contributed by atoms with Gasteiger partial charge in [-0.15, -0.1) is 0 Å². The fourth-order valence-electron chi connectivity index (χ4n) is 1.87. The van der Waals surface area contributed by atoms with Crippen molar-refractivity contribution in [3.8, 4) is 0 Å². The molecule has 1 aromatic carbocycles. The Hall–Kier alpha value is -1.51. The number of nitrogens with one attached hydrogen (secondary N) is 1. The molecule has 0 aromatic heterocycles. The van der Waals surface area contributed by atoms with Gasteiger partial charge in [-0.3, -0.25) is 0 Å². The van der Waals surface area contributed by atoms with Crippen molar-refractivity contribution < 1.29 is 22.3 Å². The molecule has 0 saturated heterocycles. The molecule has 0 fully saturated rings. The topological polar surface area (TPSA) is 98.5 Å². The van der Waals surface area contributed by atoms with Crippen LogP contribution < -0.4 is 10.5 Å². The second-order valence-electron chi connectivity index (χ2n) is 5.29. The number of carbonyl (C=O) groups excluding carboxylic acids is 1. The van der Waals surface area contributed by atoms with E-state index in [1.807, 2.05) is 13.8 Å².